The first-order valence-corrected chi connectivity index (χ1v) is 6.87. The van der Waals surface area contributed by atoms with Crippen LogP contribution in [0.1, 0.15) is 24.9 Å². The van der Waals surface area contributed by atoms with Crippen LogP contribution in [0.4, 0.5) is 0 Å². The van der Waals surface area contributed by atoms with Crippen molar-refractivity contribution in [2.75, 3.05) is 6.54 Å². The van der Waals surface area contributed by atoms with Gasteiger partial charge in [0.2, 0.25) is 5.91 Å². The molecule has 0 heterocycles. The van der Waals surface area contributed by atoms with E-state index in [1.807, 2.05) is 25.1 Å². The Morgan fingerprint density at radius 1 is 1.05 bits per heavy atom. The molecule has 0 spiro atoms. The van der Waals surface area contributed by atoms with E-state index in [0.717, 1.165) is 12.1 Å². The number of nitrogens with two attached hydrogens (primary N) is 1. The standard InChI is InChI=1S/C17H20N2O/c1-2-19-16(12-17(18)20)15-10-8-14(9-11-15)13-6-4-3-5-7-13/h3-11,16,19H,2,12H2,1H3,(H2,18,20). The highest BCUT2D eigenvalue weighted by atomic mass is 16.1. The molecule has 1 amide bonds. The highest BCUT2D eigenvalue weighted by Crippen LogP contribution is 2.23. The number of hydrogen-bond donors (Lipinski definition) is 2. The maximum absolute atomic E-state index is 11.1. The summed E-state index contributed by atoms with van der Waals surface area (Å²) in [5, 5.41) is 3.29. The van der Waals surface area contributed by atoms with E-state index in [2.05, 4.69) is 41.7 Å². The summed E-state index contributed by atoms with van der Waals surface area (Å²) in [6.45, 7) is 2.82. The summed E-state index contributed by atoms with van der Waals surface area (Å²) in [7, 11) is 0. The second-order valence-electron chi connectivity index (χ2n) is 4.77. The van der Waals surface area contributed by atoms with E-state index in [4.69, 9.17) is 5.73 Å². The SMILES string of the molecule is CCNC(CC(N)=O)c1ccc(-c2ccccc2)cc1. The molecule has 1 unspecified atom stereocenters. The van der Waals surface area contributed by atoms with Crippen LogP contribution in [0.5, 0.6) is 0 Å². The molecule has 2 rings (SSSR count). The fraction of sp³-hybridized carbons (Fsp3) is 0.235. The Morgan fingerprint density at radius 3 is 2.20 bits per heavy atom. The quantitative estimate of drug-likeness (QED) is 0.846. The maximum atomic E-state index is 11.1. The molecular formula is C17H20N2O. The van der Waals surface area contributed by atoms with Gasteiger partial charge in [-0.1, -0.05) is 61.5 Å². The summed E-state index contributed by atoms with van der Waals surface area (Å²) in [5.41, 5.74) is 8.75. The van der Waals surface area contributed by atoms with Gasteiger partial charge in [-0.2, -0.15) is 0 Å². The predicted octanol–water partition coefficient (Wildman–Crippen LogP) is 2.88. The lowest BCUT2D eigenvalue weighted by Gasteiger charge is -2.17. The Hall–Kier alpha value is -2.13. The van der Waals surface area contributed by atoms with Crippen molar-refractivity contribution in [1.29, 1.82) is 0 Å². The summed E-state index contributed by atoms with van der Waals surface area (Å²) < 4.78 is 0. The van der Waals surface area contributed by atoms with Crippen LogP contribution in [0.3, 0.4) is 0 Å². The molecule has 0 saturated heterocycles. The number of carbonyl (C=O) groups excluding carboxylic acids is 1. The monoisotopic (exact) mass is 268 g/mol. The smallest absolute Gasteiger partial charge is 0.219 e. The zero-order valence-electron chi connectivity index (χ0n) is 11.7. The van der Waals surface area contributed by atoms with Gasteiger partial charge in [-0.15, -0.1) is 0 Å². The van der Waals surface area contributed by atoms with Gasteiger partial charge in [0.25, 0.3) is 0 Å². The van der Waals surface area contributed by atoms with Gasteiger partial charge in [-0.25, -0.2) is 0 Å². The first-order valence-electron chi connectivity index (χ1n) is 6.87. The van der Waals surface area contributed by atoms with Crippen LogP contribution < -0.4 is 11.1 Å². The van der Waals surface area contributed by atoms with E-state index in [1.54, 1.807) is 0 Å². The van der Waals surface area contributed by atoms with Gasteiger partial charge < -0.3 is 11.1 Å². The van der Waals surface area contributed by atoms with Crippen LogP contribution in [0, 0.1) is 0 Å². The number of hydrogen-bond acceptors (Lipinski definition) is 2. The van der Waals surface area contributed by atoms with Crippen LogP contribution in [0.25, 0.3) is 11.1 Å². The van der Waals surface area contributed by atoms with Crippen molar-refractivity contribution in [2.24, 2.45) is 5.73 Å². The Kier molecular flexibility index (Phi) is 4.91. The van der Waals surface area contributed by atoms with Crippen LogP contribution >= 0.6 is 0 Å². The zero-order valence-corrected chi connectivity index (χ0v) is 11.7. The summed E-state index contributed by atoms with van der Waals surface area (Å²) in [5.74, 6) is -0.289. The molecule has 3 N–H and O–H groups in total. The molecule has 0 aromatic heterocycles. The first-order chi connectivity index (χ1) is 9.70. The van der Waals surface area contributed by atoms with Gasteiger partial charge >= 0.3 is 0 Å². The first kappa shape index (κ1) is 14.3. The van der Waals surface area contributed by atoms with Crippen molar-refractivity contribution in [3.05, 3.63) is 60.2 Å². The van der Waals surface area contributed by atoms with E-state index in [1.165, 1.54) is 11.1 Å². The van der Waals surface area contributed by atoms with Crippen molar-refractivity contribution >= 4 is 5.91 Å². The van der Waals surface area contributed by atoms with Crippen molar-refractivity contribution < 1.29 is 4.79 Å². The molecule has 0 aliphatic rings. The highest BCUT2D eigenvalue weighted by Gasteiger charge is 2.13. The van der Waals surface area contributed by atoms with Gasteiger partial charge in [0, 0.05) is 12.5 Å². The van der Waals surface area contributed by atoms with Gasteiger partial charge in [-0.3, -0.25) is 4.79 Å². The Morgan fingerprint density at radius 2 is 1.65 bits per heavy atom. The third kappa shape index (κ3) is 3.68. The number of amides is 1. The molecular weight excluding hydrogens is 248 g/mol. The minimum atomic E-state index is -0.289. The molecule has 0 saturated carbocycles. The molecule has 104 valence electrons. The van der Waals surface area contributed by atoms with E-state index < -0.39 is 0 Å². The molecule has 2 aromatic carbocycles. The normalized spacial score (nSPS) is 12.1. The topological polar surface area (TPSA) is 55.1 Å². The lowest BCUT2D eigenvalue weighted by Crippen LogP contribution is -2.26. The predicted molar refractivity (Wildman–Crippen MR) is 82.1 cm³/mol. The lowest BCUT2D eigenvalue weighted by atomic mass is 9.99. The van der Waals surface area contributed by atoms with Gasteiger partial charge in [0.05, 0.1) is 0 Å². The third-order valence-corrected chi connectivity index (χ3v) is 3.28. The Bertz CT molecular complexity index is 549. The van der Waals surface area contributed by atoms with Crippen molar-refractivity contribution in [1.82, 2.24) is 5.32 Å². The van der Waals surface area contributed by atoms with E-state index in [0.29, 0.717) is 6.42 Å². The van der Waals surface area contributed by atoms with Gasteiger partial charge in [0.1, 0.15) is 0 Å². The molecule has 0 bridgehead atoms. The molecule has 0 aliphatic carbocycles. The van der Waals surface area contributed by atoms with Crippen LogP contribution in [0.15, 0.2) is 54.6 Å². The lowest BCUT2D eigenvalue weighted by molar-refractivity contribution is -0.118. The number of rotatable bonds is 6. The second kappa shape index (κ2) is 6.87. The van der Waals surface area contributed by atoms with Gasteiger partial charge in [-0.05, 0) is 23.2 Å². The average molecular weight is 268 g/mol. The number of carbonyl (C=O) groups is 1. The maximum Gasteiger partial charge on any atom is 0.219 e. The molecule has 3 nitrogen and oxygen atoms in total. The van der Waals surface area contributed by atoms with Crippen LogP contribution in [-0.4, -0.2) is 12.5 Å². The largest absolute Gasteiger partial charge is 0.370 e. The summed E-state index contributed by atoms with van der Waals surface area (Å²) in [6, 6.07) is 18.5. The van der Waals surface area contributed by atoms with Crippen molar-refractivity contribution in [3.8, 4) is 11.1 Å². The van der Waals surface area contributed by atoms with Crippen molar-refractivity contribution in [2.45, 2.75) is 19.4 Å². The molecule has 0 aliphatic heterocycles. The minimum absolute atomic E-state index is 0.0117. The fourth-order valence-corrected chi connectivity index (χ4v) is 2.29. The Balaban J connectivity index is 2.19. The van der Waals surface area contributed by atoms with E-state index in [9.17, 15) is 4.79 Å². The fourth-order valence-electron chi connectivity index (χ4n) is 2.29. The molecule has 0 fully saturated rings. The van der Waals surface area contributed by atoms with Crippen LogP contribution in [-0.2, 0) is 4.79 Å². The Labute approximate surface area is 119 Å². The third-order valence-electron chi connectivity index (χ3n) is 3.28. The average Bonchev–Trinajstić information content (AvgIpc) is 2.47. The summed E-state index contributed by atoms with van der Waals surface area (Å²) in [4.78, 5) is 11.1. The van der Waals surface area contributed by atoms with E-state index in [-0.39, 0.29) is 11.9 Å². The highest BCUT2D eigenvalue weighted by molar-refractivity contribution is 5.74. The number of benzene rings is 2. The second-order valence-corrected chi connectivity index (χ2v) is 4.77. The molecule has 3 heteroatoms. The molecule has 20 heavy (non-hydrogen) atoms. The molecule has 2 aromatic rings. The van der Waals surface area contributed by atoms with Gasteiger partial charge in [0.15, 0.2) is 0 Å². The van der Waals surface area contributed by atoms with E-state index >= 15 is 0 Å². The zero-order chi connectivity index (χ0) is 14.4. The van der Waals surface area contributed by atoms with Crippen LogP contribution in [0.2, 0.25) is 0 Å². The number of primary amides is 1. The summed E-state index contributed by atoms with van der Waals surface area (Å²) >= 11 is 0. The number of nitrogens with one attached hydrogen (secondary N) is 1. The molecule has 1 atom stereocenters. The minimum Gasteiger partial charge on any atom is -0.370 e. The van der Waals surface area contributed by atoms with Crippen molar-refractivity contribution in [3.63, 3.8) is 0 Å². The molecule has 0 radical (unpaired) electrons. The summed E-state index contributed by atoms with van der Waals surface area (Å²) in [6.07, 6.45) is 0.318.